The fraction of sp³-hybridized carbons (Fsp3) is 0.429. The molecule has 0 N–H and O–H groups in total. The molecule has 0 radical (unpaired) electrons. The summed E-state index contributed by atoms with van der Waals surface area (Å²) in [7, 11) is -6.54. The smallest absolute Gasteiger partial charge is 0.251 e. The summed E-state index contributed by atoms with van der Waals surface area (Å²) in [6.07, 6.45) is 0. The first kappa shape index (κ1) is 23.8. The van der Waals surface area contributed by atoms with Crippen LogP contribution in [0.1, 0.15) is 0 Å². The van der Waals surface area contributed by atoms with Crippen molar-refractivity contribution in [1.29, 1.82) is 0 Å². The van der Waals surface area contributed by atoms with E-state index in [1.54, 1.807) is 0 Å². The molecule has 0 aliphatic rings. The lowest BCUT2D eigenvalue weighted by molar-refractivity contribution is 0.438. The highest BCUT2D eigenvalue weighted by Crippen LogP contribution is 2.47. The van der Waals surface area contributed by atoms with E-state index in [0.29, 0.717) is 11.5 Å². The van der Waals surface area contributed by atoms with Crippen LogP contribution in [0.4, 0.5) is 0 Å². The molecular formula is C21H36O4Si4. The molecule has 8 heteroatoms. The van der Waals surface area contributed by atoms with Crippen molar-refractivity contribution in [3.63, 3.8) is 0 Å². The molecule has 0 aliphatic heterocycles. The van der Waals surface area contributed by atoms with Crippen LogP contribution in [0, 0.1) is 0 Å². The predicted octanol–water partition coefficient (Wildman–Crippen LogP) is 5.12. The molecular weight excluding hydrogens is 429 g/mol. The van der Waals surface area contributed by atoms with Crippen molar-refractivity contribution in [2.45, 2.75) is 58.9 Å². The average molecular weight is 465 g/mol. The molecule has 4 nitrogen and oxygen atoms in total. The monoisotopic (exact) mass is 464 g/mol. The first-order valence-corrected chi connectivity index (χ1v) is 21.7. The third-order valence-electron chi connectivity index (χ3n) is 3.51. The summed E-state index contributed by atoms with van der Waals surface area (Å²) < 4.78 is 25.8. The average Bonchev–Trinajstić information content (AvgIpc) is 2.54. The molecule has 0 saturated carbocycles. The van der Waals surface area contributed by atoms with E-state index in [9.17, 15) is 0 Å². The van der Waals surface area contributed by atoms with Crippen LogP contribution in [0.25, 0.3) is 0 Å². The fourth-order valence-electron chi connectivity index (χ4n) is 2.59. The van der Waals surface area contributed by atoms with Crippen molar-refractivity contribution in [3.8, 4) is 23.0 Å². The number of benzene rings is 2. The molecule has 0 bridgehead atoms. The number of rotatable bonds is 9. The minimum atomic E-state index is -1.90. The molecule has 0 atom stereocenters. The van der Waals surface area contributed by atoms with Crippen LogP contribution in [0.5, 0.6) is 23.0 Å². The molecule has 0 unspecified atom stereocenters. The minimum absolute atomic E-state index is 0.714. The molecule has 2 rings (SSSR count). The zero-order chi connectivity index (χ0) is 21.9. The lowest BCUT2D eigenvalue weighted by Crippen LogP contribution is -2.34. The zero-order valence-corrected chi connectivity index (χ0v) is 23.8. The van der Waals surface area contributed by atoms with Crippen LogP contribution in [0.2, 0.25) is 58.9 Å². The van der Waals surface area contributed by atoms with Gasteiger partial charge < -0.3 is 17.7 Å². The quantitative estimate of drug-likeness (QED) is 0.483. The lowest BCUT2D eigenvalue weighted by atomic mass is 10.3. The van der Waals surface area contributed by atoms with Gasteiger partial charge in [-0.15, -0.1) is 0 Å². The molecule has 0 aliphatic carbocycles. The Bertz CT molecular complexity index is 806. The van der Waals surface area contributed by atoms with Crippen molar-refractivity contribution in [1.82, 2.24) is 0 Å². The van der Waals surface area contributed by atoms with Gasteiger partial charge in [0.1, 0.15) is 11.5 Å². The molecule has 2 aromatic rings. The van der Waals surface area contributed by atoms with E-state index in [2.05, 4.69) is 83.2 Å². The lowest BCUT2D eigenvalue weighted by Gasteiger charge is -2.30. The Labute approximate surface area is 181 Å². The Morgan fingerprint density at radius 3 is 1.48 bits per heavy atom. The van der Waals surface area contributed by atoms with E-state index in [1.165, 1.54) is 5.19 Å². The summed E-state index contributed by atoms with van der Waals surface area (Å²) in [5.74, 6) is 2.96. The summed E-state index contributed by atoms with van der Waals surface area (Å²) in [6, 6.07) is 14.3. The Hall–Kier alpha value is -1.49. The molecule has 0 aromatic heterocycles. The van der Waals surface area contributed by atoms with E-state index in [4.69, 9.17) is 17.7 Å². The second-order valence-electron chi connectivity index (χ2n) is 10.1. The second-order valence-corrected chi connectivity index (χ2v) is 24.8. The van der Waals surface area contributed by atoms with Crippen molar-refractivity contribution >= 4 is 39.9 Å². The molecule has 0 saturated heterocycles. The summed E-state index contributed by atoms with van der Waals surface area (Å²) in [5.41, 5.74) is 0. The van der Waals surface area contributed by atoms with Gasteiger partial charge in [-0.1, -0.05) is 30.3 Å². The van der Waals surface area contributed by atoms with Gasteiger partial charge in [0.05, 0.1) is 0 Å². The molecule has 160 valence electrons. The van der Waals surface area contributed by atoms with Crippen molar-refractivity contribution in [2.75, 3.05) is 0 Å². The largest absolute Gasteiger partial charge is 0.542 e. The van der Waals surface area contributed by atoms with Crippen molar-refractivity contribution in [3.05, 3.63) is 42.5 Å². The molecule has 0 heterocycles. The van der Waals surface area contributed by atoms with Gasteiger partial charge in [-0.2, -0.15) is 0 Å². The van der Waals surface area contributed by atoms with Gasteiger partial charge in [0.15, 0.2) is 11.5 Å². The van der Waals surface area contributed by atoms with Gasteiger partial charge in [-0.3, -0.25) is 0 Å². The highest BCUT2D eigenvalue weighted by molar-refractivity contribution is 6.71. The highest BCUT2D eigenvalue weighted by Gasteiger charge is 2.30. The SMILES string of the molecule is C[Si](C)(C)Oc1ccc(O[SiH2]c2ccccc2)c(O[Si](C)(C)C)c1O[Si](C)(C)C. The third-order valence-corrected chi connectivity index (χ3v) is 7.24. The number of hydrogen-bond acceptors (Lipinski definition) is 4. The Balaban J connectivity index is 2.52. The van der Waals surface area contributed by atoms with Crippen LogP contribution >= 0.6 is 0 Å². The van der Waals surface area contributed by atoms with Crippen LogP contribution in [0.3, 0.4) is 0 Å². The van der Waals surface area contributed by atoms with Crippen LogP contribution in [0.15, 0.2) is 42.5 Å². The molecule has 2 aromatic carbocycles. The van der Waals surface area contributed by atoms with Crippen LogP contribution in [-0.2, 0) is 0 Å². The van der Waals surface area contributed by atoms with E-state index in [0.717, 1.165) is 11.5 Å². The van der Waals surface area contributed by atoms with Crippen molar-refractivity contribution in [2.24, 2.45) is 0 Å². The van der Waals surface area contributed by atoms with Gasteiger partial charge in [-0.05, 0) is 76.2 Å². The van der Waals surface area contributed by atoms with Gasteiger partial charge in [0.25, 0.3) is 9.76 Å². The maximum Gasteiger partial charge on any atom is 0.251 e. The molecule has 0 spiro atoms. The Morgan fingerprint density at radius 2 is 1.00 bits per heavy atom. The van der Waals surface area contributed by atoms with E-state index < -0.39 is 34.7 Å². The van der Waals surface area contributed by atoms with Gasteiger partial charge in [-0.25, -0.2) is 0 Å². The van der Waals surface area contributed by atoms with Gasteiger partial charge in [0, 0.05) is 0 Å². The third kappa shape index (κ3) is 8.41. The Kier molecular flexibility index (Phi) is 7.47. The first-order chi connectivity index (χ1) is 13.2. The summed E-state index contributed by atoms with van der Waals surface area (Å²) in [5, 5.41) is 1.25. The molecule has 0 amide bonds. The minimum Gasteiger partial charge on any atom is -0.542 e. The van der Waals surface area contributed by atoms with Crippen LogP contribution in [-0.4, -0.2) is 34.7 Å². The maximum atomic E-state index is 6.52. The summed E-state index contributed by atoms with van der Waals surface area (Å²) in [6.45, 7) is 19.6. The fourth-order valence-corrected chi connectivity index (χ4v) is 6.04. The van der Waals surface area contributed by atoms with Gasteiger partial charge >= 0.3 is 0 Å². The summed E-state index contributed by atoms with van der Waals surface area (Å²) in [4.78, 5) is 0. The van der Waals surface area contributed by atoms with E-state index in [1.807, 2.05) is 18.2 Å². The topological polar surface area (TPSA) is 36.9 Å². The maximum absolute atomic E-state index is 6.52. The molecule has 29 heavy (non-hydrogen) atoms. The molecule has 0 fully saturated rings. The second kappa shape index (κ2) is 9.11. The van der Waals surface area contributed by atoms with E-state index >= 15 is 0 Å². The zero-order valence-electron chi connectivity index (χ0n) is 19.4. The van der Waals surface area contributed by atoms with Crippen LogP contribution < -0.4 is 22.9 Å². The van der Waals surface area contributed by atoms with Crippen molar-refractivity contribution < 1.29 is 17.7 Å². The van der Waals surface area contributed by atoms with E-state index in [-0.39, 0.29) is 0 Å². The number of hydrogen-bond donors (Lipinski definition) is 0. The Morgan fingerprint density at radius 1 is 0.552 bits per heavy atom. The summed E-state index contributed by atoms with van der Waals surface area (Å²) >= 11 is 0. The first-order valence-electron chi connectivity index (χ1n) is 10.1. The standard InChI is InChI=1S/C21H36O4Si4/c1-27(2,3)23-19-16-15-18(22-26-17-13-11-10-12-14-17)20(24-28(4,5)6)21(19)25-29(7,8)9/h10-16H,26H2,1-9H3. The highest BCUT2D eigenvalue weighted by atomic mass is 28.4. The predicted molar refractivity (Wildman–Crippen MR) is 134 cm³/mol. The normalized spacial score (nSPS) is 12.9. The van der Waals surface area contributed by atoms with Gasteiger partial charge in [0.2, 0.25) is 25.0 Å².